The fraction of sp³-hybridized carbons (Fsp3) is 0.440. The minimum atomic E-state index is -3.84. The van der Waals surface area contributed by atoms with E-state index in [0.717, 1.165) is 44.9 Å². The maximum atomic E-state index is 13.3. The number of sulfonamides is 1. The van der Waals surface area contributed by atoms with Gasteiger partial charge in [0.2, 0.25) is 10.0 Å². The lowest BCUT2D eigenvalue weighted by Crippen LogP contribution is -2.32. The van der Waals surface area contributed by atoms with Gasteiger partial charge in [-0.1, -0.05) is 18.9 Å². The molecular formula is C25H30N2O6S. The molecule has 0 unspecified atom stereocenters. The average molecular weight is 487 g/mol. The summed E-state index contributed by atoms with van der Waals surface area (Å²) < 4.78 is 38.4. The van der Waals surface area contributed by atoms with Crippen LogP contribution in [0.25, 0.3) is 0 Å². The number of nitrogens with one attached hydrogen (secondary N) is 1. The van der Waals surface area contributed by atoms with Crippen LogP contribution in [0.4, 0.5) is 5.69 Å². The summed E-state index contributed by atoms with van der Waals surface area (Å²) in [5.74, 6) is -1.08. The van der Waals surface area contributed by atoms with Crippen molar-refractivity contribution in [3.63, 3.8) is 0 Å². The summed E-state index contributed by atoms with van der Waals surface area (Å²) in [4.78, 5) is 24.8. The first kappa shape index (κ1) is 24.2. The maximum Gasteiger partial charge on any atom is 0.338 e. The molecule has 2 aromatic carbocycles. The number of methoxy groups -OCH3 is 1. The molecule has 34 heavy (non-hydrogen) atoms. The highest BCUT2D eigenvalue weighted by atomic mass is 32.2. The molecule has 8 nitrogen and oxygen atoms in total. The Bertz CT molecular complexity index is 1170. The van der Waals surface area contributed by atoms with Gasteiger partial charge in [0.1, 0.15) is 10.6 Å². The second-order valence-electron chi connectivity index (χ2n) is 8.65. The van der Waals surface area contributed by atoms with Crippen molar-refractivity contribution in [2.45, 2.75) is 49.8 Å². The molecule has 2 aliphatic rings. The summed E-state index contributed by atoms with van der Waals surface area (Å²) >= 11 is 0. The Morgan fingerprint density at radius 1 is 0.941 bits per heavy atom. The van der Waals surface area contributed by atoms with Crippen molar-refractivity contribution < 1.29 is 27.5 Å². The lowest BCUT2D eigenvalue weighted by Gasteiger charge is -2.21. The third kappa shape index (κ3) is 5.42. The van der Waals surface area contributed by atoms with Gasteiger partial charge in [-0.05, 0) is 73.6 Å². The number of hydrogen-bond donors (Lipinski definition) is 1. The Morgan fingerprint density at radius 3 is 2.41 bits per heavy atom. The Kier molecular flexibility index (Phi) is 7.53. The van der Waals surface area contributed by atoms with Crippen LogP contribution in [0.2, 0.25) is 0 Å². The van der Waals surface area contributed by atoms with E-state index >= 15 is 0 Å². The van der Waals surface area contributed by atoms with E-state index in [1.807, 2.05) is 18.2 Å². The van der Waals surface area contributed by atoms with Crippen LogP contribution >= 0.6 is 0 Å². The SMILES string of the molecule is COc1ccc(C(=O)OCC(=O)Nc2ccc3c(c2)CCC3)cc1S(=O)(=O)N1CCCCCC1. The van der Waals surface area contributed by atoms with E-state index in [1.165, 1.54) is 40.7 Å². The largest absolute Gasteiger partial charge is 0.495 e. The van der Waals surface area contributed by atoms with E-state index in [9.17, 15) is 18.0 Å². The van der Waals surface area contributed by atoms with Crippen LogP contribution in [-0.2, 0) is 32.4 Å². The molecule has 1 saturated heterocycles. The van der Waals surface area contributed by atoms with E-state index in [1.54, 1.807) is 0 Å². The molecule has 9 heteroatoms. The summed E-state index contributed by atoms with van der Waals surface area (Å²) in [6.07, 6.45) is 6.73. The van der Waals surface area contributed by atoms with Crippen molar-refractivity contribution >= 4 is 27.6 Å². The summed E-state index contributed by atoms with van der Waals surface area (Å²) in [7, 11) is -2.45. The molecule has 1 fully saturated rings. The zero-order valence-corrected chi connectivity index (χ0v) is 20.2. The molecule has 4 rings (SSSR count). The lowest BCUT2D eigenvalue weighted by molar-refractivity contribution is -0.119. The second-order valence-corrected chi connectivity index (χ2v) is 10.6. The molecule has 182 valence electrons. The van der Waals surface area contributed by atoms with Gasteiger partial charge in [0.05, 0.1) is 12.7 Å². The number of nitrogens with zero attached hydrogens (tertiary/aromatic N) is 1. The van der Waals surface area contributed by atoms with Gasteiger partial charge in [-0.15, -0.1) is 0 Å². The third-order valence-electron chi connectivity index (χ3n) is 6.30. The highest BCUT2D eigenvalue weighted by Gasteiger charge is 2.29. The molecule has 0 spiro atoms. The predicted octanol–water partition coefficient (Wildman–Crippen LogP) is 3.54. The zero-order valence-electron chi connectivity index (χ0n) is 19.3. The Labute approximate surface area is 200 Å². The molecule has 1 aliphatic heterocycles. The number of carbonyl (C=O) groups is 2. The molecule has 1 amide bonds. The average Bonchev–Trinajstić information content (AvgIpc) is 3.12. The van der Waals surface area contributed by atoms with E-state index in [4.69, 9.17) is 9.47 Å². The van der Waals surface area contributed by atoms with Crippen molar-refractivity contribution in [3.8, 4) is 5.75 Å². The van der Waals surface area contributed by atoms with Crippen LogP contribution in [0.3, 0.4) is 0 Å². The number of hydrogen-bond acceptors (Lipinski definition) is 6. The van der Waals surface area contributed by atoms with Crippen molar-refractivity contribution in [1.82, 2.24) is 4.31 Å². The quantitative estimate of drug-likeness (QED) is 0.601. The number of amides is 1. The van der Waals surface area contributed by atoms with Crippen molar-refractivity contribution in [2.24, 2.45) is 0 Å². The molecule has 0 atom stereocenters. The van der Waals surface area contributed by atoms with Crippen LogP contribution in [0, 0.1) is 0 Å². The topological polar surface area (TPSA) is 102 Å². The standard InChI is InChI=1S/C25H30N2O6S/c1-32-22-12-10-20(16-23(22)34(30,31)27-13-4-2-3-5-14-27)25(29)33-17-24(28)26-21-11-9-18-7-6-8-19(18)15-21/h9-12,15-16H,2-8,13-14,17H2,1H3,(H,26,28). The molecule has 0 aromatic heterocycles. The van der Waals surface area contributed by atoms with Gasteiger partial charge in [-0.2, -0.15) is 4.31 Å². The molecule has 1 heterocycles. The summed E-state index contributed by atoms with van der Waals surface area (Å²) in [5, 5.41) is 2.74. The number of benzene rings is 2. The maximum absolute atomic E-state index is 13.3. The van der Waals surface area contributed by atoms with Crippen LogP contribution in [0.15, 0.2) is 41.3 Å². The molecular weight excluding hydrogens is 456 g/mol. The van der Waals surface area contributed by atoms with Gasteiger partial charge < -0.3 is 14.8 Å². The van der Waals surface area contributed by atoms with Crippen LogP contribution < -0.4 is 10.1 Å². The van der Waals surface area contributed by atoms with Crippen molar-refractivity contribution in [3.05, 3.63) is 53.1 Å². The van der Waals surface area contributed by atoms with Crippen LogP contribution in [-0.4, -0.2) is 51.4 Å². The van der Waals surface area contributed by atoms with E-state index < -0.39 is 28.5 Å². The van der Waals surface area contributed by atoms with Gasteiger partial charge in [-0.3, -0.25) is 4.79 Å². The minimum absolute atomic E-state index is 0.0412. The lowest BCUT2D eigenvalue weighted by atomic mass is 10.1. The van der Waals surface area contributed by atoms with Crippen molar-refractivity contribution in [1.29, 1.82) is 0 Å². The molecule has 0 bridgehead atoms. The van der Waals surface area contributed by atoms with Crippen molar-refractivity contribution in [2.75, 3.05) is 32.1 Å². The van der Waals surface area contributed by atoms with Gasteiger partial charge in [0, 0.05) is 18.8 Å². The fourth-order valence-corrected chi connectivity index (χ4v) is 6.19. The zero-order chi connectivity index (χ0) is 24.1. The first-order chi connectivity index (χ1) is 16.4. The minimum Gasteiger partial charge on any atom is -0.495 e. The molecule has 2 aromatic rings. The van der Waals surface area contributed by atoms with E-state index in [-0.39, 0.29) is 16.2 Å². The van der Waals surface area contributed by atoms with Gasteiger partial charge >= 0.3 is 5.97 Å². The van der Waals surface area contributed by atoms with E-state index in [2.05, 4.69) is 5.32 Å². The smallest absolute Gasteiger partial charge is 0.338 e. The van der Waals surface area contributed by atoms with Gasteiger partial charge in [0.25, 0.3) is 5.91 Å². The number of carbonyl (C=O) groups excluding carboxylic acids is 2. The number of aryl methyl sites for hydroxylation is 2. The molecule has 1 aliphatic carbocycles. The highest BCUT2D eigenvalue weighted by Crippen LogP contribution is 2.30. The van der Waals surface area contributed by atoms with Crippen LogP contribution in [0.1, 0.15) is 53.6 Å². The van der Waals surface area contributed by atoms with Gasteiger partial charge in [-0.25, -0.2) is 13.2 Å². The third-order valence-corrected chi connectivity index (χ3v) is 8.22. The Morgan fingerprint density at radius 2 is 1.68 bits per heavy atom. The normalized spacial score (nSPS) is 16.4. The number of anilines is 1. The van der Waals surface area contributed by atoms with Gasteiger partial charge in [0.15, 0.2) is 6.61 Å². The molecule has 1 N–H and O–H groups in total. The molecule has 0 saturated carbocycles. The summed E-state index contributed by atoms with van der Waals surface area (Å²) in [5.41, 5.74) is 3.23. The summed E-state index contributed by atoms with van der Waals surface area (Å²) in [6.45, 7) is 0.391. The summed E-state index contributed by atoms with van der Waals surface area (Å²) in [6, 6.07) is 9.93. The first-order valence-corrected chi connectivity index (χ1v) is 13.1. The number of esters is 1. The van der Waals surface area contributed by atoms with E-state index in [0.29, 0.717) is 18.8 Å². The number of ether oxygens (including phenoxy) is 2. The predicted molar refractivity (Wildman–Crippen MR) is 128 cm³/mol. The second kappa shape index (κ2) is 10.6. The highest BCUT2D eigenvalue weighted by molar-refractivity contribution is 7.89. The monoisotopic (exact) mass is 486 g/mol. The number of rotatable bonds is 7. The Balaban J connectivity index is 1.43. The number of fused-ring (bicyclic) bond motifs is 1. The Hall–Kier alpha value is -2.91. The fourth-order valence-electron chi connectivity index (χ4n) is 4.49. The molecule has 0 radical (unpaired) electrons. The van der Waals surface area contributed by atoms with Crippen LogP contribution in [0.5, 0.6) is 5.75 Å². The first-order valence-electron chi connectivity index (χ1n) is 11.7.